The van der Waals surface area contributed by atoms with Gasteiger partial charge in [0.2, 0.25) is 0 Å². The lowest BCUT2D eigenvalue weighted by atomic mass is 10.1. The molecule has 2 aromatic carbocycles. The third-order valence-electron chi connectivity index (χ3n) is 4.71. The fourth-order valence-electron chi connectivity index (χ4n) is 3.31. The van der Waals surface area contributed by atoms with Crippen LogP contribution in [0.1, 0.15) is 30.4 Å². The number of aryl methyl sites for hydroxylation is 2. The molecule has 0 radical (unpaired) electrons. The first-order chi connectivity index (χ1) is 12.9. The second-order valence-corrected chi connectivity index (χ2v) is 7.71. The molecular weight excluding hydrogens is 383 g/mol. The van der Waals surface area contributed by atoms with Gasteiger partial charge in [-0.05, 0) is 74.6 Å². The quantitative estimate of drug-likeness (QED) is 0.700. The van der Waals surface area contributed by atoms with E-state index in [0.717, 1.165) is 34.9 Å². The van der Waals surface area contributed by atoms with Crippen molar-refractivity contribution < 1.29 is 9.53 Å². The molecule has 1 aliphatic heterocycles. The summed E-state index contributed by atoms with van der Waals surface area (Å²) in [5.74, 6) is 0.394. The fourth-order valence-corrected chi connectivity index (χ4v) is 3.72. The Morgan fingerprint density at radius 1 is 1.07 bits per heavy atom. The van der Waals surface area contributed by atoms with Crippen LogP contribution in [0.5, 0.6) is 5.75 Å². The Labute approximate surface area is 170 Å². The first-order valence-electron chi connectivity index (χ1n) is 9.18. The Kier molecular flexibility index (Phi) is 6.51. The molecule has 0 aromatic heterocycles. The highest BCUT2D eigenvalue weighted by molar-refractivity contribution is 6.33. The Hall–Kier alpha value is -1.91. The fraction of sp³-hybridized carbons (Fsp3) is 0.381. The van der Waals surface area contributed by atoms with Crippen LogP contribution in [0.15, 0.2) is 30.3 Å². The summed E-state index contributed by atoms with van der Waals surface area (Å²) in [7, 11) is 0. The number of rotatable bonds is 5. The third-order valence-corrected chi connectivity index (χ3v) is 5.61. The Morgan fingerprint density at radius 2 is 1.74 bits per heavy atom. The molecule has 0 unspecified atom stereocenters. The van der Waals surface area contributed by atoms with E-state index in [-0.39, 0.29) is 12.5 Å². The van der Waals surface area contributed by atoms with Gasteiger partial charge in [-0.15, -0.1) is 0 Å². The molecular formula is C21H24Cl2N2O2. The zero-order valence-electron chi connectivity index (χ0n) is 15.6. The van der Waals surface area contributed by atoms with Gasteiger partial charge in [-0.2, -0.15) is 0 Å². The maximum atomic E-state index is 12.2. The summed E-state index contributed by atoms with van der Waals surface area (Å²) < 4.78 is 5.59. The molecule has 0 aliphatic carbocycles. The van der Waals surface area contributed by atoms with Gasteiger partial charge in [0.25, 0.3) is 5.91 Å². The smallest absolute Gasteiger partial charge is 0.262 e. The average molecular weight is 407 g/mol. The van der Waals surface area contributed by atoms with Gasteiger partial charge >= 0.3 is 0 Å². The van der Waals surface area contributed by atoms with Crippen molar-refractivity contribution in [2.45, 2.75) is 33.1 Å². The summed E-state index contributed by atoms with van der Waals surface area (Å²) in [6.45, 7) is 5.80. The van der Waals surface area contributed by atoms with E-state index < -0.39 is 0 Å². The van der Waals surface area contributed by atoms with Gasteiger partial charge in [0.05, 0.1) is 10.7 Å². The minimum absolute atomic E-state index is 0.0774. The lowest BCUT2D eigenvalue weighted by Gasteiger charge is -2.29. The van der Waals surface area contributed by atoms with E-state index in [0.29, 0.717) is 16.5 Å². The van der Waals surface area contributed by atoms with Crippen molar-refractivity contribution in [2.75, 3.05) is 29.9 Å². The highest BCUT2D eigenvalue weighted by Crippen LogP contribution is 2.31. The molecule has 0 saturated carbocycles. The number of carbonyl (C=O) groups is 1. The summed E-state index contributed by atoms with van der Waals surface area (Å²) in [6.07, 6.45) is 3.65. The summed E-state index contributed by atoms with van der Waals surface area (Å²) >= 11 is 12.6. The largest absolute Gasteiger partial charge is 0.484 e. The molecule has 1 amide bonds. The van der Waals surface area contributed by atoms with E-state index in [1.807, 2.05) is 38.1 Å². The van der Waals surface area contributed by atoms with Gasteiger partial charge in [0.1, 0.15) is 5.75 Å². The van der Waals surface area contributed by atoms with Crippen LogP contribution in [-0.2, 0) is 4.79 Å². The highest BCUT2D eigenvalue weighted by atomic mass is 35.5. The standard InChI is InChI=1S/C21H24Cl2N2O2/c1-14-10-17(11-15(2)21(14)23)27-13-20(26)24-16-6-7-19(18(22)12-16)25-8-4-3-5-9-25/h6-7,10-12H,3-5,8-9,13H2,1-2H3,(H,24,26). The van der Waals surface area contributed by atoms with Gasteiger partial charge in [-0.3, -0.25) is 4.79 Å². The van der Waals surface area contributed by atoms with Crippen molar-refractivity contribution in [1.82, 2.24) is 0 Å². The maximum absolute atomic E-state index is 12.2. The van der Waals surface area contributed by atoms with E-state index in [2.05, 4.69) is 10.2 Å². The minimum Gasteiger partial charge on any atom is -0.484 e. The van der Waals surface area contributed by atoms with Crippen LogP contribution in [0.3, 0.4) is 0 Å². The van der Waals surface area contributed by atoms with Crippen molar-refractivity contribution in [3.8, 4) is 5.75 Å². The SMILES string of the molecule is Cc1cc(OCC(=O)Nc2ccc(N3CCCCC3)c(Cl)c2)cc(C)c1Cl. The van der Waals surface area contributed by atoms with Crippen LogP contribution in [0.2, 0.25) is 10.0 Å². The number of benzene rings is 2. The molecule has 144 valence electrons. The van der Waals surface area contributed by atoms with Crippen LogP contribution >= 0.6 is 23.2 Å². The van der Waals surface area contributed by atoms with Crippen molar-refractivity contribution in [2.24, 2.45) is 0 Å². The highest BCUT2D eigenvalue weighted by Gasteiger charge is 2.15. The predicted octanol–water partition coefficient (Wildman–Crippen LogP) is 5.62. The van der Waals surface area contributed by atoms with Gasteiger partial charge in [-0.25, -0.2) is 0 Å². The first-order valence-corrected chi connectivity index (χ1v) is 9.93. The minimum atomic E-state index is -0.234. The summed E-state index contributed by atoms with van der Waals surface area (Å²) in [5, 5.41) is 4.20. The van der Waals surface area contributed by atoms with Gasteiger partial charge in [0, 0.05) is 23.8 Å². The molecule has 1 saturated heterocycles. The molecule has 4 nitrogen and oxygen atoms in total. The molecule has 27 heavy (non-hydrogen) atoms. The molecule has 1 heterocycles. The van der Waals surface area contributed by atoms with Crippen LogP contribution in [0.4, 0.5) is 11.4 Å². The zero-order valence-corrected chi connectivity index (χ0v) is 17.2. The van der Waals surface area contributed by atoms with Crippen LogP contribution in [0.25, 0.3) is 0 Å². The third kappa shape index (κ3) is 5.08. The van der Waals surface area contributed by atoms with E-state index in [4.69, 9.17) is 27.9 Å². The van der Waals surface area contributed by atoms with Crippen LogP contribution in [0, 0.1) is 13.8 Å². The Balaban J connectivity index is 1.58. The number of halogens is 2. The topological polar surface area (TPSA) is 41.6 Å². The number of amides is 1. The molecule has 1 N–H and O–H groups in total. The van der Waals surface area contributed by atoms with Crippen molar-refractivity contribution >= 4 is 40.5 Å². The number of piperidine rings is 1. The van der Waals surface area contributed by atoms with Gasteiger partial charge < -0.3 is 15.0 Å². The lowest BCUT2D eigenvalue weighted by Crippen LogP contribution is -2.29. The predicted molar refractivity (Wildman–Crippen MR) is 113 cm³/mol. The van der Waals surface area contributed by atoms with Gasteiger partial charge in [0.15, 0.2) is 6.61 Å². The summed E-state index contributed by atoms with van der Waals surface area (Å²) in [6, 6.07) is 9.29. The number of hydrogen-bond donors (Lipinski definition) is 1. The summed E-state index contributed by atoms with van der Waals surface area (Å²) in [4.78, 5) is 14.5. The lowest BCUT2D eigenvalue weighted by molar-refractivity contribution is -0.118. The van der Waals surface area contributed by atoms with E-state index >= 15 is 0 Å². The number of anilines is 2. The Bertz CT molecular complexity index is 810. The zero-order chi connectivity index (χ0) is 19.4. The molecule has 0 bridgehead atoms. The van der Waals surface area contributed by atoms with Crippen molar-refractivity contribution in [1.29, 1.82) is 0 Å². The molecule has 1 aliphatic rings. The molecule has 0 atom stereocenters. The second kappa shape index (κ2) is 8.85. The average Bonchev–Trinajstić information content (AvgIpc) is 2.65. The summed E-state index contributed by atoms with van der Waals surface area (Å²) in [5.41, 5.74) is 3.54. The first kappa shape index (κ1) is 19.8. The molecule has 0 spiro atoms. The van der Waals surface area contributed by atoms with Crippen LogP contribution < -0.4 is 15.0 Å². The van der Waals surface area contributed by atoms with E-state index in [9.17, 15) is 4.79 Å². The maximum Gasteiger partial charge on any atom is 0.262 e. The van der Waals surface area contributed by atoms with Crippen molar-refractivity contribution in [3.63, 3.8) is 0 Å². The van der Waals surface area contributed by atoms with Crippen molar-refractivity contribution in [3.05, 3.63) is 51.5 Å². The normalized spacial score (nSPS) is 14.1. The second-order valence-electron chi connectivity index (χ2n) is 6.92. The molecule has 2 aromatic rings. The molecule has 6 heteroatoms. The Morgan fingerprint density at radius 3 is 2.37 bits per heavy atom. The molecule has 1 fully saturated rings. The van der Waals surface area contributed by atoms with Crippen LogP contribution in [-0.4, -0.2) is 25.6 Å². The monoisotopic (exact) mass is 406 g/mol. The number of nitrogens with one attached hydrogen (secondary N) is 1. The number of nitrogens with zero attached hydrogens (tertiary/aromatic N) is 1. The number of carbonyl (C=O) groups excluding carboxylic acids is 1. The number of ether oxygens (including phenoxy) is 1. The van der Waals surface area contributed by atoms with E-state index in [1.54, 1.807) is 6.07 Å². The van der Waals surface area contributed by atoms with Gasteiger partial charge in [-0.1, -0.05) is 23.2 Å². The number of hydrogen-bond acceptors (Lipinski definition) is 3. The molecule has 3 rings (SSSR count). The van der Waals surface area contributed by atoms with E-state index in [1.165, 1.54) is 19.3 Å².